The van der Waals surface area contributed by atoms with Gasteiger partial charge >= 0.3 is 0 Å². The molecule has 242 valence electrons. The van der Waals surface area contributed by atoms with Crippen molar-refractivity contribution >= 4 is 43.3 Å². The van der Waals surface area contributed by atoms with E-state index in [0.29, 0.717) is 0 Å². The van der Waals surface area contributed by atoms with Crippen molar-refractivity contribution in [1.29, 1.82) is 0 Å². The van der Waals surface area contributed by atoms with Crippen LogP contribution in [0, 0.1) is 0 Å². The molecule has 0 spiro atoms. The van der Waals surface area contributed by atoms with Crippen molar-refractivity contribution in [3.8, 4) is 0 Å². The molecule has 17 nitrogen and oxygen atoms in total. The number of nitrogens with zero attached hydrogens (tertiary/aromatic N) is 3. The molecule has 4 atom stereocenters. The van der Waals surface area contributed by atoms with E-state index < -0.39 is 99.0 Å². The first-order chi connectivity index (χ1) is 20.4. The van der Waals surface area contributed by atoms with Crippen molar-refractivity contribution < 1.29 is 47.7 Å². The highest BCUT2D eigenvalue weighted by atomic mass is 16.6. The third-order valence-corrected chi connectivity index (χ3v) is 6.54. The molecule has 1 aliphatic heterocycles. The first-order valence-electron chi connectivity index (χ1n) is 13.6. The monoisotopic (exact) mass is 613 g/mol. The summed E-state index contributed by atoms with van der Waals surface area (Å²) in [6.45, 7) is -2.19. The van der Waals surface area contributed by atoms with Crippen LogP contribution < -0.4 is 21.3 Å². The molecule has 0 aromatic rings. The second kappa shape index (κ2) is 19.8. The topological polar surface area (TPSA) is 197 Å². The van der Waals surface area contributed by atoms with Crippen LogP contribution in [0.2, 0.25) is 0 Å². The normalized spacial score (nSPS) is 19.4. The molecule has 0 aromatic carbocycles. The van der Waals surface area contributed by atoms with Gasteiger partial charge in [-0.2, -0.15) is 0 Å². The molecule has 18 heteroatoms. The van der Waals surface area contributed by atoms with E-state index in [0.717, 1.165) is 9.80 Å². The molecule has 1 fully saturated rings. The number of hydrogen-bond donors (Lipinski definition) is 4. The first kappa shape index (κ1) is 37.7. The largest absolute Gasteiger partial charge is 0.382 e. The van der Waals surface area contributed by atoms with Gasteiger partial charge in [-0.05, 0) is 0 Å². The Labute approximate surface area is 253 Å². The second-order valence-electron chi connectivity index (χ2n) is 9.53. The second-order valence-corrected chi connectivity index (χ2v) is 9.53. The summed E-state index contributed by atoms with van der Waals surface area (Å²) in [6, 6.07) is -0.826. The molecule has 0 aliphatic carbocycles. The zero-order valence-corrected chi connectivity index (χ0v) is 25.7. The first-order valence-corrected chi connectivity index (χ1v) is 13.6. The SMILES string of the molecule is [B][C@@H]1O[C@H](COC)C(OC)[C@@H]1OCCN(CC(=O)N(CC(=O)NC)CC(=O)NC)CC(=O)N(CC(=O)NC)CC(=O)NC. The highest BCUT2D eigenvalue weighted by Gasteiger charge is 2.43. The van der Waals surface area contributed by atoms with E-state index in [9.17, 15) is 28.8 Å². The van der Waals surface area contributed by atoms with Crippen LogP contribution in [0.25, 0.3) is 0 Å². The Morgan fingerprint density at radius 3 is 1.47 bits per heavy atom. The van der Waals surface area contributed by atoms with Crippen LogP contribution in [0.4, 0.5) is 0 Å². The Balaban J connectivity index is 3.16. The lowest BCUT2D eigenvalue weighted by atomic mass is 9.93. The fourth-order valence-electron chi connectivity index (χ4n) is 4.12. The average Bonchev–Trinajstić information content (AvgIpc) is 3.28. The summed E-state index contributed by atoms with van der Waals surface area (Å²) in [5.41, 5.74) is 0. The number of amides is 6. The predicted octanol–water partition coefficient (Wildman–Crippen LogP) is -5.13. The van der Waals surface area contributed by atoms with Crippen LogP contribution in [0.5, 0.6) is 0 Å². The Kier molecular flexibility index (Phi) is 17.4. The van der Waals surface area contributed by atoms with Crippen LogP contribution >= 0.6 is 0 Å². The van der Waals surface area contributed by atoms with E-state index in [4.69, 9.17) is 26.8 Å². The number of hydrogen-bond acceptors (Lipinski definition) is 11. The summed E-state index contributed by atoms with van der Waals surface area (Å²) in [6.07, 6.45) is -1.70. The Hall–Kier alpha value is -3.32. The minimum Gasteiger partial charge on any atom is -0.382 e. The van der Waals surface area contributed by atoms with E-state index >= 15 is 0 Å². The van der Waals surface area contributed by atoms with Crippen molar-refractivity contribution in [2.45, 2.75) is 24.3 Å². The van der Waals surface area contributed by atoms with Crippen LogP contribution in [0.15, 0.2) is 0 Å². The van der Waals surface area contributed by atoms with Gasteiger partial charge < -0.3 is 50.0 Å². The molecule has 1 saturated heterocycles. The third-order valence-electron chi connectivity index (χ3n) is 6.54. The minimum absolute atomic E-state index is 0.00759. The quantitative estimate of drug-likeness (QED) is 0.102. The number of carbonyl (C=O) groups excluding carboxylic acids is 6. The van der Waals surface area contributed by atoms with Crippen LogP contribution in [0.1, 0.15) is 0 Å². The van der Waals surface area contributed by atoms with Gasteiger partial charge in [0.15, 0.2) is 0 Å². The average molecular weight is 613 g/mol. The van der Waals surface area contributed by atoms with Gasteiger partial charge in [-0.25, -0.2) is 0 Å². The molecule has 1 heterocycles. The summed E-state index contributed by atoms with van der Waals surface area (Å²) in [7, 11) is 14.7. The lowest BCUT2D eigenvalue weighted by Gasteiger charge is -2.29. The Bertz CT molecular complexity index is 869. The number of methoxy groups -OCH3 is 2. The fraction of sp³-hybridized carbons (Fsp3) is 0.760. The van der Waals surface area contributed by atoms with Gasteiger partial charge in [0.05, 0.1) is 26.3 Å². The highest BCUT2D eigenvalue weighted by molar-refractivity contribution is 6.11. The maximum atomic E-state index is 13.3. The molecule has 0 aromatic heterocycles. The van der Waals surface area contributed by atoms with Crippen molar-refractivity contribution in [3.63, 3.8) is 0 Å². The summed E-state index contributed by atoms with van der Waals surface area (Å²) < 4.78 is 22.3. The highest BCUT2D eigenvalue weighted by Crippen LogP contribution is 2.25. The van der Waals surface area contributed by atoms with Crippen LogP contribution in [-0.2, 0) is 47.7 Å². The van der Waals surface area contributed by atoms with E-state index in [1.54, 1.807) is 0 Å². The van der Waals surface area contributed by atoms with E-state index in [1.807, 2.05) is 0 Å². The minimum atomic E-state index is -0.826. The van der Waals surface area contributed by atoms with Crippen LogP contribution in [-0.4, -0.2) is 184 Å². The van der Waals surface area contributed by atoms with Gasteiger partial charge in [0.25, 0.3) is 0 Å². The molecule has 0 saturated carbocycles. The summed E-state index contributed by atoms with van der Waals surface area (Å²) in [5, 5.41) is 9.61. The molecular formula is C25H44BN7O10. The molecule has 1 unspecified atom stereocenters. The number of carbonyl (C=O) groups is 6. The summed E-state index contributed by atoms with van der Waals surface area (Å²) in [4.78, 5) is 78.3. The molecule has 43 heavy (non-hydrogen) atoms. The van der Waals surface area contributed by atoms with E-state index in [-0.39, 0.29) is 19.8 Å². The standard InChI is InChI=1S/C25H44BN7O10/c1-27-17(34)9-32(10-18(35)28-2)21(38)13-31(14-22(39)33(11-19(36)29-3)12-20(37)30-4)7-8-42-24-23(41-6)16(15-40-5)43-25(24)26/h16,23-25H,7-15H2,1-6H3,(H,27,34)(H,28,35)(H,29,36)(H,30,37)/t16-,23?,24+,25-/m1/s1. The molecule has 4 N–H and O–H groups in total. The fourth-order valence-corrected chi connectivity index (χ4v) is 4.12. The van der Waals surface area contributed by atoms with Gasteiger partial charge in [-0.3, -0.25) is 33.7 Å². The van der Waals surface area contributed by atoms with Crippen molar-refractivity contribution in [2.75, 3.05) is 101 Å². The number of nitrogens with one attached hydrogen (secondary N) is 4. The predicted molar refractivity (Wildman–Crippen MR) is 153 cm³/mol. The molecule has 6 amide bonds. The number of ether oxygens (including phenoxy) is 4. The smallest absolute Gasteiger partial charge is 0.239 e. The van der Waals surface area contributed by atoms with Gasteiger partial charge in [0.2, 0.25) is 35.4 Å². The van der Waals surface area contributed by atoms with Gasteiger partial charge in [-0.1, -0.05) is 0 Å². The van der Waals surface area contributed by atoms with E-state index in [2.05, 4.69) is 21.3 Å². The summed E-state index contributed by atoms with van der Waals surface area (Å²) in [5.74, 6) is -3.26. The molecular weight excluding hydrogens is 569 g/mol. The summed E-state index contributed by atoms with van der Waals surface area (Å²) >= 11 is 0. The van der Waals surface area contributed by atoms with Gasteiger partial charge in [0, 0.05) is 55.0 Å². The van der Waals surface area contributed by atoms with Gasteiger partial charge in [-0.15, -0.1) is 0 Å². The van der Waals surface area contributed by atoms with Crippen molar-refractivity contribution in [3.05, 3.63) is 0 Å². The lowest BCUT2D eigenvalue weighted by Crippen LogP contribution is -2.52. The zero-order chi connectivity index (χ0) is 32.5. The Morgan fingerprint density at radius 2 is 1.12 bits per heavy atom. The Morgan fingerprint density at radius 1 is 0.698 bits per heavy atom. The number of rotatable bonds is 19. The molecule has 0 bridgehead atoms. The zero-order valence-electron chi connectivity index (χ0n) is 25.7. The van der Waals surface area contributed by atoms with Crippen molar-refractivity contribution in [1.82, 2.24) is 36.0 Å². The lowest BCUT2D eigenvalue weighted by molar-refractivity contribution is -0.143. The maximum Gasteiger partial charge on any atom is 0.239 e. The molecule has 1 aliphatic rings. The van der Waals surface area contributed by atoms with E-state index in [1.165, 1.54) is 47.3 Å². The maximum absolute atomic E-state index is 13.3. The van der Waals surface area contributed by atoms with Gasteiger partial charge in [0.1, 0.15) is 52.3 Å². The van der Waals surface area contributed by atoms with Crippen LogP contribution in [0.3, 0.4) is 0 Å². The van der Waals surface area contributed by atoms with Crippen molar-refractivity contribution in [2.24, 2.45) is 0 Å². The molecule has 2 radical (unpaired) electrons. The molecule has 1 rings (SSSR count). The number of likely N-dealkylation sites (N-methyl/N-ethyl adjacent to an activating group) is 4. The third kappa shape index (κ3) is 12.8.